The summed E-state index contributed by atoms with van der Waals surface area (Å²) >= 11 is 1.26. The van der Waals surface area contributed by atoms with Crippen molar-refractivity contribution in [3.8, 4) is 0 Å². The molecule has 2 rings (SSSR count). The van der Waals surface area contributed by atoms with Gasteiger partial charge >= 0.3 is 5.97 Å². The Morgan fingerprint density at radius 2 is 2.21 bits per heavy atom. The van der Waals surface area contributed by atoms with E-state index in [9.17, 15) is 9.59 Å². The number of carbonyl (C=O) groups excluding carboxylic acids is 1. The predicted octanol–water partition coefficient (Wildman–Crippen LogP) is 0.0538. The van der Waals surface area contributed by atoms with Crippen LogP contribution in [0.5, 0.6) is 0 Å². The molecule has 0 aliphatic carbocycles. The summed E-state index contributed by atoms with van der Waals surface area (Å²) < 4.78 is 0.768. The monoisotopic (exact) mass is 281 g/mol. The van der Waals surface area contributed by atoms with Gasteiger partial charge in [-0.2, -0.15) is 0 Å². The second kappa shape index (κ2) is 5.21. The molecule has 7 nitrogen and oxygen atoms in total. The van der Waals surface area contributed by atoms with Crippen molar-refractivity contribution in [2.24, 2.45) is 0 Å². The number of nitrogens with one attached hydrogen (secondary N) is 1. The van der Waals surface area contributed by atoms with Crippen molar-refractivity contribution >= 4 is 38.6 Å². The minimum atomic E-state index is -1.62. The number of hydrogen-bond donors (Lipinski definition) is 4. The highest BCUT2D eigenvalue weighted by Gasteiger charge is 2.15. The summed E-state index contributed by atoms with van der Waals surface area (Å²) in [4.78, 5) is 26.2. The van der Waals surface area contributed by atoms with Gasteiger partial charge in [-0.25, -0.2) is 9.78 Å². The van der Waals surface area contributed by atoms with Gasteiger partial charge in [-0.15, -0.1) is 0 Å². The maximum Gasteiger partial charge on any atom is 0.334 e. The average molecular weight is 281 g/mol. The van der Waals surface area contributed by atoms with Crippen LogP contribution in [0.25, 0.3) is 10.2 Å². The molecule has 5 N–H and O–H groups in total. The predicted molar refractivity (Wildman–Crippen MR) is 70.0 cm³/mol. The van der Waals surface area contributed by atoms with E-state index in [4.69, 9.17) is 15.9 Å². The number of nitrogen functional groups attached to an aromatic ring is 1. The molecular weight excluding hydrogens is 270 g/mol. The summed E-state index contributed by atoms with van der Waals surface area (Å²) in [6, 6.07) is 4.83. The van der Waals surface area contributed by atoms with Gasteiger partial charge in [0.2, 0.25) is 0 Å². The van der Waals surface area contributed by atoms with E-state index in [1.54, 1.807) is 18.2 Å². The standard InChI is InChI=1S/C11H11N3O4S/c12-11-14-6-2-1-5(3-8(6)19-11)9(16)13-4-7(15)10(17)18/h1-3,7,15H,4H2,(H2,12,14)(H,13,16)(H,17,18)/t7-/m0/s1. The number of aromatic nitrogens is 1. The van der Waals surface area contributed by atoms with Gasteiger partial charge in [-0.05, 0) is 18.2 Å². The molecule has 1 aromatic carbocycles. The van der Waals surface area contributed by atoms with Gasteiger partial charge in [0.25, 0.3) is 5.91 Å². The van der Waals surface area contributed by atoms with Crippen LogP contribution >= 0.6 is 11.3 Å². The molecule has 0 radical (unpaired) electrons. The number of amides is 1. The summed E-state index contributed by atoms with van der Waals surface area (Å²) in [6.07, 6.45) is -1.62. The highest BCUT2D eigenvalue weighted by atomic mass is 32.1. The van der Waals surface area contributed by atoms with E-state index in [0.29, 0.717) is 16.2 Å². The van der Waals surface area contributed by atoms with E-state index in [1.807, 2.05) is 0 Å². The number of aliphatic carboxylic acids is 1. The van der Waals surface area contributed by atoms with Crippen LogP contribution in [0.4, 0.5) is 5.13 Å². The van der Waals surface area contributed by atoms with Crippen molar-refractivity contribution < 1.29 is 19.8 Å². The molecule has 0 aliphatic heterocycles. The van der Waals surface area contributed by atoms with Gasteiger partial charge in [-0.1, -0.05) is 11.3 Å². The van der Waals surface area contributed by atoms with Crippen LogP contribution < -0.4 is 11.1 Å². The number of rotatable bonds is 4. The van der Waals surface area contributed by atoms with Crippen LogP contribution in [0.2, 0.25) is 0 Å². The lowest BCUT2D eigenvalue weighted by Gasteiger charge is -2.07. The lowest BCUT2D eigenvalue weighted by molar-refractivity contribution is -0.146. The third-order valence-electron chi connectivity index (χ3n) is 2.41. The Labute approximate surface area is 111 Å². The van der Waals surface area contributed by atoms with E-state index >= 15 is 0 Å². The number of nitrogens with two attached hydrogens (primary N) is 1. The number of thiazole rings is 1. The summed E-state index contributed by atoms with van der Waals surface area (Å²) in [5.41, 5.74) is 6.61. The smallest absolute Gasteiger partial charge is 0.334 e. The Hall–Kier alpha value is -2.19. The van der Waals surface area contributed by atoms with Crippen molar-refractivity contribution in [1.82, 2.24) is 10.3 Å². The van der Waals surface area contributed by atoms with E-state index < -0.39 is 18.0 Å². The topological polar surface area (TPSA) is 126 Å². The first-order valence-corrected chi connectivity index (χ1v) is 6.14. The number of fused-ring (bicyclic) bond motifs is 1. The van der Waals surface area contributed by atoms with Crippen molar-refractivity contribution in [3.05, 3.63) is 23.8 Å². The first-order valence-electron chi connectivity index (χ1n) is 5.32. The molecular formula is C11H11N3O4S. The molecule has 1 heterocycles. The van der Waals surface area contributed by atoms with E-state index in [-0.39, 0.29) is 6.54 Å². The Morgan fingerprint density at radius 1 is 1.47 bits per heavy atom. The molecule has 0 spiro atoms. The molecule has 1 aromatic heterocycles. The van der Waals surface area contributed by atoms with Gasteiger partial charge in [0.1, 0.15) is 0 Å². The first-order chi connectivity index (χ1) is 8.97. The van der Waals surface area contributed by atoms with Crippen LogP contribution in [0.1, 0.15) is 10.4 Å². The van der Waals surface area contributed by atoms with E-state index in [0.717, 1.165) is 4.70 Å². The molecule has 19 heavy (non-hydrogen) atoms. The van der Waals surface area contributed by atoms with Crippen molar-refractivity contribution in [1.29, 1.82) is 0 Å². The van der Waals surface area contributed by atoms with Crippen molar-refractivity contribution in [2.75, 3.05) is 12.3 Å². The Balaban J connectivity index is 2.10. The Morgan fingerprint density at radius 3 is 2.89 bits per heavy atom. The molecule has 0 aliphatic rings. The summed E-state index contributed by atoms with van der Waals surface area (Å²) in [5, 5.41) is 20.3. The van der Waals surface area contributed by atoms with Crippen molar-refractivity contribution in [3.63, 3.8) is 0 Å². The molecule has 1 atom stereocenters. The van der Waals surface area contributed by atoms with Gasteiger partial charge in [0, 0.05) is 5.56 Å². The lowest BCUT2D eigenvalue weighted by atomic mass is 10.2. The fourth-order valence-electron chi connectivity index (χ4n) is 1.46. The molecule has 0 bridgehead atoms. The molecule has 0 fully saturated rings. The van der Waals surface area contributed by atoms with Crippen LogP contribution in [-0.4, -0.2) is 39.7 Å². The molecule has 2 aromatic rings. The molecule has 100 valence electrons. The number of benzene rings is 1. The summed E-state index contributed by atoms with van der Waals surface area (Å²) in [7, 11) is 0. The number of aliphatic hydroxyl groups is 1. The highest BCUT2D eigenvalue weighted by molar-refractivity contribution is 7.22. The Bertz CT molecular complexity index is 640. The number of aliphatic hydroxyl groups excluding tert-OH is 1. The van der Waals surface area contributed by atoms with Gasteiger partial charge in [0.15, 0.2) is 11.2 Å². The highest BCUT2D eigenvalue weighted by Crippen LogP contribution is 2.24. The van der Waals surface area contributed by atoms with Gasteiger partial charge < -0.3 is 21.3 Å². The summed E-state index contributed by atoms with van der Waals surface area (Å²) in [6.45, 7) is -0.350. The number of carboxylic acid groups (broad SMARTS) is 1. The zero-order chi connectivity index (χ0) is 14.0. The SMILES string of the molecule is Nc1nc2ccc(C(=O)NC[C@H](O)C(=O)O)cc2s1. The van der Waals surface area contributed by atoms with Gasteiger partial charge in [-0.3, -0.25) is 4.79 Å². The second-order valence-corrected chi connectivity index (χ2v) is 4.86. The minimum Gasteiger partial charge on any atom is -0.479 e. The molecule has 0 saturated heterocycles. The largest absolute Gasteiger partial charge is 0.479 e. The second-order valence-electron chi connectivity index (χ2n) is 3.80. The normalized spacial score (nSPS) is 12.3. The maximum atomic E-state index is 11.8. The van der Waals surface area contributed by atoms with Crippen LogP contribution in [0.15, 0.2) is 18.2 Å². The fourth-order valence-corrected chi connectivity index (χ4v) is 2.24. The molecule has 0 saturated carbocycles. The maximum absolute atomic E-state index is 11.8. The fraction of sp³-hybridized carbons (Fsp3) is 0.182. The third-order valence-corrected chi connectivity index (χ3v) is 3.26. The number of hydrogen-bond acceptors (Lipinski definition) is 6. The third kappa shape index (κ3) is 2.98. The van der Waals surface area contributed by atoms with E-state index in [2.05, 4.69) is 10.3 Å². The number of carbonyl (C=O) groups is 2. The zero-order valence-corrected chi connectivity index (χ0v) is 10.5. The average Bonchev–Trinajstić information content (AvgIpc) is 2.74. The quantitative estimate of drug-likeness (QED) is 0.627. The van der Waals surface area contributed by atoms with E-state index in [1.165, 1.54) is 11.3 Å². The van der Waals surface area contributed by atoms with Crippen LogP contribution in [0, 0.1) is 0 Å². The minimum absolute atomic E-state index is 0.350. The number of nitrogens with zero attached hydrogens (tertiary/aromatic N) is 1. The van der Waals surface area contributed by atoms with Gasteiger partial charge in [0.05, 0.1) is 16.8 Å². The zero-order valence-electron chi connectivity index (χ0n) is 9.66. The number of anilines is 1. The Kier molecular flexibility index (Phi) is 3.63. The molecule has 8 heteroatoms. The van der Waals surface area contributed by atoms with Crippen LogP contribution in [0.3, 0.4) is 0 Å². The first kappa shape index (κ1) is 13.2. The lowest BCUT2D eigenvalue weighted by Crippen LogP contribution is -2.36. The van der Waals surface area contributed by atoms with Crippen molar-refractivity contribution in [2.45, 2.75) is 6.10 Å². The van der Waals surface area contributed by atoms with Crippen LogP contribution in [-0.2, 0) is 4.79 Å². The molecule has 1 amide bonds. The summed E-state index contributed by atoms with van der Waals surface area (Å²) in [5.74, 6) is -1.85. The number of carboxylic acids is 1. The molecule has 0 unspecified atom stereocenters.